The lowest BCUT2D eigenvalue weighted by molar-refractivity contribution is -0.114. The van der Waals surface area contributed by atoms with Crippen molar-refractivity contribution in [1.82, 2.24) is 5.32 Å². The summed E-state index contributed by atoms with van der Waals surface area (Å²) in [5, 5.41) is 8.94. The first-order valence-corrected chi connectivity index (χ1v) is 11.2. The smallest absolute Gasteiger partial charge is 0.251 e. The summed E-state index contributed by atoms with van der Waals surface area (Å²) in [7, 11) is 0. The zero-order chi connectivity index (χ0) is 23.6. The molecular formula is C27H31N3O3. The van der Waals surface area contributed by atoms with Gasteiger partial charge < -0.3 is 20.7 Å². The first kappa shape index (κ1) is 23.9. The Hall–Kier alpha value is -3.80. The molecule has 0 radical (unpaired) electrons. The summed E-state index contributed by atoms with van der Waals surface area (Å²) < 4.78 is 5.80. The highest BCUT2D eigenvalue weighted by atomic mass is 16.5. The van der Waals surface area contributed by atoms with Gasteiger partial charge >= 0.3 is 0 Å². The summed E-state index contributed by atoms with van der Waals surface area (Å²) in [6.07, 6.45) is 1.01. The van der Waals surface area contributed by atoms with Crippen molar-refractivity contribution in [3.8, 4) is 5.75 Å². The lowest BCUT2D eigenvalue weighted by Gasteiger charge is -2.15. The van der Waals surface area contributed by atoms with E-state index < -0.39 is 0 Å². The van der Waals surface area contributed by atoms with E-state index in [4.69, 9.17) is 4.74 Å². The molecule has 33 heavy (non-hydrogen) atoms. The van der Waals surface area contributed by atoms with Gasteiger partial charge in [-0.05, 0) is 56.2 Å². The van der Waals surface area contributed by atoms with Gasteiger partial charge in [-0.15, -0.1) is 0 Å². The van der Waals surface area contributed by atoms with E-state index in [1.54, 1.807) is 18.2 Å². The van der Waals surface area contributed by atoms with E-state index in [9.17, 15) is 9.59 Å². The van der Waals surface area contributed by atoms with Crippen LogP contribution in [0.3, 0.4) is 0 Å². The molecule has 6 heteroatoms. The molecule has 2 amide bonds. The van der Waals surface area contributed by atoms with Crippen LogP contribution in [0.15, 0.2) is 78.9 Å². The Labute approximate surface area is 195 Å². The summed E-state index contributed by atoms with van der Waals surface area (Å²) in [5.41, 5.74) is 2.93. The maximum atomic E-state index is 12.7. The van der Waals surface area contributed by atoms with Crippen LogP contribution in [0, 0.1) is 0 Å². The molecule has 0 aliphatic carbocycles. The zero-order valence-electron chi connectivity index (χ0n) is 19.3. The average Bonchev–Trinajstić information content (AvgIpc) is 2.83. The summed E-state index contributed by atoms with van der Waals surface area (Å²) in [6.45, 7) is 6.08. The summed E-state index contributed by atoms with van der Waals surface area (Å²) >= 11 is 0. The molecular weight excluding hydrogens is 414 g/mol. The SMILES string of the molecule is CCC(C)Oc1cccc(NC(=O)CNc2cccc(C(=O)NC(C)c3ccccc3)c2)c1. The topological polar surface area (TPSA) is 79.5 Å². The molecule has 0 aliphatic rings. The number of anilines is 2. The van der Waals surface area contributed by atoms with Crippen molar-refractivity contribution in [3.63, 3.8) is 0 Å². The number of carbonyl (C=O) groups excluding carboxylic acids is 2. The summed E-state index contributed by atoms with van der Waals surface area (Å²) in [6, 6.07) is 24.1. The second-order valence-corrected chi connectivity index (χ2v) is 7.95. The van der Waals surface area contributed by atoms with Crippen LogP contribution in [0.5, 0.6) is 5.75 Å². The van der Waals surface area contributed by atoms with Gasteiger partial charge in [0.05, 0.1) is 18.7 Å². The van der Waals surface area contributed by atoms with Crippen LogP contribution >= 0.6 is 0 Å². The molecule has 0 saturated heterocycles. The predicted octanol–water partition coefficient (Wildman–Crippen LogP) is 5.41. The van der Waals surface area contributed by atoms with Crippen LogP contribution in [0.25, 0.3) is 0 Å². The van der Waals surface area contributed by atoms with Crippen molar-refractivity contribution in [1.29, 1.82) is 0 Å². The lowest BCUT2D eigenvalue weighted by Crippen LogP contribution is -2.26. The van der Waals surface area contributed by atoms with Gasteiger partial charge in [0.2, 0.25) is 5.91 Å². The maximum absolute atomic E-state index is 12.7. The van der Waals surface area contributed by atoms with E-state index in [-0.39, 0.29) is 30.5 Å². The van der Waals surface area contributed by atoms with E-state index in [2.05, 4.69) is 22.9 Å². The fourth-order valence-corrected chi connectivity index (χ4v) is 3.23. The van der Waals surface area contributed by atoms with Gasteiger partial charge in [-0.2, -0.15) is 0 Å². The van der Waals surface area contributed by atoms with E-state index in [1.807, 2.05) is 74.5 Å². The van der Waals surface area contributed by atoms with Crippen molar-refractivity contribution < 1.29 is 14.3 Å². The van der Waals surface area contributed by atoms with E-state index in [0.717, 1.165) is 17.7 Å². The molecule has 0 aromatic heterocycles. The highest BCUT2D eigenvalue weighted by Crippen LogP contribution is 2.19. The maximum Gasteiger partial charge on any atom is 0.251 e. The largest absolute Gasteiger partial charge is 0.491 e. The van der Waals surface area contributed by atoms with E-state index >= 15 is 0 Å². The second-order valence-electron chi connectivity index (χ2n) is 7.95. The molecule has 0 saturated carbocycles. The van der Waals surface area contributed by atoms with Crippen LogP contribution in [-0.4, -0.2) is 24.5 Å². The quantitative estimate of drug-likeness (QED) is 0.390. The van der Waals surface area contributed by atoms with Crippen molar-refractivity contribution in [2.75, 3.05) is 17.2 Å². The number of hydrogen-bond acceptors (Lipinski definition) is 4. The van der Waals surface area contributed by atoms with Gasteiger partial charge in [-0.3, -0.25) is 9.59 Å². The number of benzene rings is 3. The Kier molecular flexibility index (Phi) is 8.47. The fourth-order valence-electron chi connectivity index (χ4n) is 3.23. The number of rotatable bonds is 10. The van der Waals surface area contributed by atoms with Crippen LogP contribution in [0.4, 0.5) is 11.4 Å². The van der Waals surface area contributed by atoms with Crippen molar-refractivity contribution in [2.45, 2.75) is 39.3 Å². The second kappa shape index (κ2) is 11.7. The Morgan fingerprint density at radius 2 is 1.61 bits per heavy atom. The first-order valence-electron chi connectivity index (χ1n) is 11.2. The average molecular weight is 446 g/mol. The number of hydrogen-bond donors (Lipinski definition) is 3. The predicted molar refractivity (Wildman–Crippen MR) is 133 cm³/mol. The van der Waals surface area contributed by atoms with Gasteiger partial charge in [0.15, 0.2) is 0 Å². The third kappa shape index (κ3) is 7.38. The number of ether oxygens (including phenoxy) is 1. The van der Waals surface area contributed by atoms with E-state index in [1.165, 1.54) is 0 Å². The molecule has 0 fully saturated rings. The molecule has 6 nitrogen and oxygen atoms in total. The third-order valence-corrected chi connectivity index (χ3v) is 5.25. The minimum atomic E-state index is -0.191. The van der Waals surface area contributed by atoms with Crippen LogP contribution < -0.4 is 20.7 Å². The molecule has 2 unspecified atom stereocenters. The van der Waals surface area contributed by atoms with E-state index in [0.29, 0.717) is 16.9 Å². The standard InChI is InChI=1S/C27H31N3O3/c1-4-19(2)33-25-15-9-14-24(17-25)30-26(31)18-28-23-13-8-12-22(16-23)27(32)29-20(3)21-10-6-5-7-11-21/h5-17,19-20,28H,4,18H2,1-3H3,(H,29,32)(H,30,31). The molecule has 2 atom stereocenters. The molecule has 172 valence electrons. The van der Waals surface area contributed by atoms with Crippen LogP contribution in [0.2, 0.25) is 0 Å². The van der Waals surface area contributed by atoms with Gasteiger partial charge in [-0.1, -0.05) is 49.4 Å². The molecule has 0 bridgehead atoms. The molecule has 0 heterocycles. The van der Waals surface area contributed by atoms with Crippen molar-refractivity contribution >= 4 is 23.2 Å². The molecule has 0 aliphatic heterocycles. The first-order chi connectivity index (χ1) is 15.9. The normalized spacial score (nSPS) is 12.3. The number of nitrogens with one attached hydrogen (secondary N) is 3. The monoisotopic (exact) mass is 445 g/mol. The number of amides is 2. The third-order valence-electron chi connectivity index (χ3n) is 5.25. The highest BCUT2D eigenvalue weighted by Gasteiger charge is 2.12. The van der Waals surface area contributed by atoms with Crippen LogP contribution in [0.1, 0.15) is 49.2 Å². The Morgan fingerprint density at radius 3 is 2.36 bits per heavy atom. The molecule has 0 spiro atoms. The van der Waals surface area contributed by atoms with Gasteiger partial charge in [0.1, 0.15) is 5.75 Å². The van der Waals surface area contributed by atoms with Gasteiger partial charge in [0, 0.05) is 23.0 Å². The minimum Gasteiger partial charge on any atom is -0.491 e. The minimum absolute atomic E-state index is 0.0714. The Bertz CT molecular complexity index is 1070. The van der Waals surface area contributed by atoms with Crippen molar-refractivity contribution in [2.24, 2.45) is 0 Å². The summed E-state index contributed by atoms with van der Waals surface area (Å²) in [4.78, 5) is 25.1. The molecule has 3 aromatic rings. The van der Waals surface area contributed by atoms with Gasteiger partial charge in [0.25, 0.3) is 5.91 Å². The van der Waals surface area contributed by atoms with Gasteiger partial charge in [-0.25, -0.2) is 0 Å². The number of carbonyl (C=O) groups is 2. The summed E-state index contributed by atoms with van der Waals surface area (Å²) in [5.74, 6) is 0.361. The van der Waals surface area contributed by atoms with Crippen molar-refractivity contribution in [3.05, 3.63) is 90.0 Å². The zero-order valence-corrected chi connectivity index (χ0v) is 19.3. The lowest BCUT2D eigenvalue weighted by atomic mass is 10.1. The molecule has 3 rings (SSSR count). The fraction of sp³-hybridized carbons (Fsp3) is 0.259. The molecule has 3 N–H and O–H groups in total. The Morgan fingerprint density at radius 1 is 0.879 bits per heavy atom. The van der Waals surface area contributed by atoms with Crippen LogP contribution in [-0.2, 0) is 4.79 Å². The Balaban J connectivity index is 1.53. The molecule has 3 aromatic carbocycles. The highest BCUT2D eigenvalue weighted by molar-refractivity contribution is 5.96.